The lowest BCUT2D eigenvalue weighted by Gasteiger charge is -2.32. The van der Waals surface area contributed by atoms with Crippen molar-refractivity contribution in [3.8, 4) is 22.5 Å². The van der Waals surface area contributed by atoms with Gasteiger partial charge in [0, 0.05) is 42.2 Å². The Labute approximate surface area is 208 Å². The van der Waals surface area contributed by atoms with Gasteiger partial charge in [-0.2, -0.15) is 0 Å². The Kier molecular flexibility index (Phi) is 5.42. The zero-order chi connectivity index (χ0) is 24.7. The zero-order valence-corrected chi connectivity index (χ0v) is 19.6. The summed E-state index contributed by atoms with van der Waals surface area (Å²) < 4.78 is 0. The summed E-state index contributed by atoms with van der Waals surface area (Å²) in [6, 6.07) is 22.0. The lowest BCUT2D eigenvalue weighted by Crippen LogP contribution is -2.52. The van der Waals surface area contributed by atoms with Crippen LogP contribution in [0.2, 0.25) is 0 Å². The van der Waals surface area contributed by atoms with Crippen LogP contribution in [-0.4, -0.2) is 44.4 Å². The molecule has 1 saturated heterocycles. The van der Waals surface area contributed by atoms with E-state index in [4.69, 9.17) is 0 Å². The van der Waals surface area contributed by atoms with Crippen LogP contribution in [-0.2, 0) is 21.7 Å². The Morgan fingerprint density at radius 1 is 0.972 bits per heavy atom. The second-order valence-electron chi connectivity index (χ2n) is 9.27. The van der Waals surface area contributed by atoms with Crippen molar-refractivity contribution in [2.45, 2.75) is 31.0 Å². The third-order valence-electron chi connectivity index (χ3n) is 7.27. The number of fused-ring (bicyclic) bond motifs is 3. The van der Waals surface area contributed by atoms with Gasteiger partial charge in [-0.3, -0.25) is 9.59 Å². The molecule has 1 aromatic heterocycles. The largest absolute Gasteiger partial charge is 0.372 e. The molecule has 7 nitrogen and oxygen atoms in total. The summed E-state index contributed by atoms with van der Waals surface area (Å²) >= 11 is 0. The molecule has 2 heterocycles. The van der Waals surface area contributed by atoms with Crippen LogP contribution in [0.3, 0.4) is 0 Å². The van der Waals surface area contributed by atoms with Gasteiger partial charge in [0.2, 0.25) is 5.91 Å². The molecule has 3 aromatic carbocycles. The molecule has 6 rings (SSSR count). The van der Waals surface area contributed by atoms with Crippen molar-refractivity contribution in [2.75, 3.05) is 6.54 Å². The van der Waals surface area contributed by atoms with E-state index in [-0.39, 0.29) is 5.91 Å². The minimum absolute atomic E-state index is 0.224. The number of nitrogens with one attached hydrogen (secondary N) is 2. The van der Waals surface area contributed by atoms with E-state index in [0.29, 0.717) is 37.1 Å². The topological polar surface area (TPSA) is 98.3 Å². The van der Waals surface area contributed by atoms with E-state index in [1.54, 1.807) is 29.4 Å². The van der Waals surface area contributed by atoms with Gasteiger partial charge in [-0.05, 0) is 29.5 Å². The van der Waals surface area contributed by atoms with Gasteiger partial charge in [-0.1, -0.05) is 72.8 Å². The van der Waals surface area contributed by atoms with Crippen molar-refractivity contribution < 1.29 is 14.7 Å². The molecular weight excluding hydrogens is 452 g/mol. The highest BCUT2D eigenvalue weighted by Crippen LogP contribution is 2.48. The van der Waals surface area contributed by atoms with Crippen LogP contribution < -0.4 is 5.32 Å². The summed E-state index contributed by atoms with van der Waals surface area (Å²) in [6.07, 6.45) is 4.70. The molecule has 4 aromatic rings. The van der Waals surface area contributed by atoms with E-state index in [1.807, 2.05) is 60.7 Å². The fraction of sp³-hybridized carbons (Fsp3) is 0.207. The van der Waals surface area contributed by atoms with E-state index in [2.05, 4.69) is 15.3 Å². The maximum atomic E-state index is 14.0. The molecule has 0 spiro atoms. The Balaban J connectivity index is 1.25. The quantitative estimate of drug-likeness (QED) is 0.408. The number of hydrogen-bond donors (Lipinski definition) is 3. The van der Waals surface area contributed by atoms with Gasteiger partial charge >= 0.3 is 0 Å². The van der Waals surface area contributed by atoms with Crippen LogP contribution in [0.15, 0.2) is 85.2 Å². The van der Waals surface area contributed by atoms with E-state index in [1.165, 1.54) is 0 Å². The number of H-pyrrole nitrogens is 1. The standard InChI is InChI=1S/C29H26N4O3/c34-27(32-18-19-8-1-2-9-20(19)26-30-15-16-31-26)25-14-7-17-33(25)28(35)29(36)23-12-5-3-10-21(23)22-11-4-6-13-24(22)29/h1-6,8-13,15-16,25,36H,7,14,17-18H2,(H,30,31)(H,32,34). The maximum Gasteiger partial charge on any atom is 0.264 e. The van der Waals surface area contributed by atoms with Crippen LogP contribution in [0.1, 0.15) is 29.5 Å². The molecule has 7 heteroatoms. The smallest absolute Gasteiger partial charge is 0.264 e. The summed E-state index contributed by atoms with van der Waals surface area (Å²) in [4.78, 5) is 36.3. The average Bonchev–Trinajstić information content (AvgIpc) is 3.68. The van der Waals surface area contributed by atoms with Crippen molar-refractivity contribution in [3.63, 3.8) is 0 Å². The monoisotopic (exact) mass is 478 g/mol. The number of hydrogen-bond acceptors (Lipinski definition) is 4. The van der Waals surface area contributed by atoms with E-state index in [9.17, 15) is 14.7 Å². The van der Waals surface area contributed by atoms with Gasteiger partial charge in [0.1, 0.15) is 11.9 Å². The van der Waals surface area contributed by atoms with Crippen LogP contribution in [0.4, 0.5) is 0 Å². The number of aromatic amines is 1. The molecule has 1 fully saturated rings. The van der Waals surface area contributed by atoms with Crippen molar-refractivity contribution in [2.24, 2.45) is 0 Å². The molecule has 1 aliphatic heterocycles. The minimum Gasteiger partial charge on any atom is -0.372 e. The molecule has 1 aliphatic carbocycles. The second-order valence-corrected chi connectivity index (χ2v) is 9.27. The number of likely N-dealkylation sites (tertiary alicyclic amines) is 1. The number of rotatable bonds is 5. The normalized spacial score (nSPS) is 17.5. The number of benzene rings is 3. The van der Waals surface area contributed by atoms with Crippen LogP contribution in [0.25, 0.3) is 22.5 Å². The van der Waals surface area contributed by atoms with Crippen LogP contribution in [0.5, 0.6) is 0 Å². The van der Waals surface area contributed by atoms with Gasteiger partial charge in [0.25, 0.3) is 5.91 Å². The Morgan fingerprint density at radius 2 is 1.61 bits per heavy atom. The summed E-state index contributed by atoms with van der Waals surface area (Å²) in [6.45, 7) is 0.733. The van der Waals surface area contributed by atoms with Crippen LogP contribution >= 0.6 is 0 Å². The molecule has 3 N–H and O–H groups in total. The predicted molar refractivity (Wildman–Crippen MR) is 135 cm³/mol. The fourth-order valence-electron chi connectivity index (χ4n) is 5.55. The first-order valence-electron chi connectivity index (χ1n) is 12.2. The first kappa shape index (κ1) is 22.2. The van der Waals surface area contributed by atoms with E-state index < -0.39 is 17.6 Å². The summed E-state index contributed by atoms with van der Waals surface area (Å²) in [5, 5.41) is 15.0. The van der Waals surface area contributed by atoms with Gasteiger partial charge in [0.15, 0.2) is 5.60 Å². The molecule has 1 atom stereocenters. The second kappa shape index (κ2) is 8.77. The molecule has 180 valence electrons. The average molecular weight is 479 g/mol. The number of aliphatic hydroxyl groups is 1. The fourth-order valence-corrected chi connectivity index (χ4v) is 5.55. The molecule has 2 amide bonds. The van der Waals surface area contributed by atoms with Crippen molar-refractivity contribution >= 4 is 11.8 Å². The van der Waals surface area contributed by atoms with Crippen molar-refractivity contribution in [1.29, 1.82) is 0 Å². The SMILES string of the molecule is O=C(NCc1ccccc1-c1ncc[nH]1)C1CCCN1C(=O)C1(O)c2ccccc2-c2ccccc21. The van der Waals surface area contributed by atoms with Gasteiger partial charge < -0.3 is 20.3 Å². The van der Waals surface area contributed by atoms with Crippen molar-refractivity contribution in [3.05, 3.63) is 102 Å². The number of aromatic nitrogens is 2. The Morgan fingerprint density at radius 3 is 2.28 bits per heavy atom. The first-order valence-corrected chi connectivity index (χ1v) is 12.2. The minimum atomic E-state index is -1.82. The summed E-state index contributed by atoms with van der Waals surface area (Å²) in [5.74, 6) is 0.0603. The number of carbonyl (C=O) groups is 2. The number of imidazole rings is 1. The highest BCUT2D eigenvalue weighted by molar-refractivity contribution is 6.00. The van der Waals surface area contributed by atoms with E-state index in [0.717, 1.165) is 28.1 Å². The zero-order valence-electron chi connectivity index (χ0n) is 19.6. The lowest BCUT2D eigenvalue weighted by molar-refractivity contribution is -0.151. The molecule has 0 saturated carbocycles. The third-order valence-corrected chi connectivity index (χ3v) is 7.27. The molecule has 1 unspecified atom stereocenters. The van der Waals surface area contributed by atoms with Crippen LogP contribution in [0, 0.1) is 0 Å². The highest BCUT2D eigenvalue weighted by atomic mass is 16.3. The molecule has 0 radical (unpaired) electrons. The number of carbonyl (C=O) groups excluding carboxylic acids is 2. The molecule has 36 heavy (non-hydrogen) atoms. The Bertz CT molecular complexity index is 1400. The van der Waals surface area contributed by atoms with Gasteiger partial charge in [0.05, 0.1) is 0 Å². The number of amides is 2. The van der Waals surface area contributed by atoms with Crippen molar-refractivity contribution in [1.82, 2.24) is 20.2 Å². The van der Waals surface area contributed by atoms with E-state index >= 15 is 0 Å². The maximum absolute atomic E-state index is 14.0. The number of nitrogens with zero attached hydrogens (tertiary/aromatic N) is 2. The van der Waals surface area contributed by atoms with Gasteiger partial charge in [-0.25, -0.2) is 4.98 Å². The molecule has 0 bridgehead atoms. The summed E-state index contributed by atoms with van der Waals surface area (Å²) in [7, 11) is 0. The van der Waals surface area contributed by atoms with Gasteiger partial charge in [-0.15, -0.1) is 0 Å². The Hall–Kier alpha value is -4.23. The summed E-state index contributed by atoms with van der Waals surface area (Å²) in [5.41, 5.74) is 2.84. The third kappa shape index (κ3) is 3.43. The lowest BCUT2D eigenvalue weighted by atomic mass is 9.89. The highest BCUT2D eigenvalue weighted by Gasteiger charge is 2.52. The first-order chi connectivity index (χ1) is 17.6. The molecular formula is C29H26N4O3. The molecule has 2 aliphatic rings. The predicted octanol–water partition coefficient (Wildman–Crippen LogP) is 3.60.